The molecule has 0 saturated carbocycles. The maximum absolute atomic E-state index is 13.6. The number of ether oxygens (including phenoxy) is 1. The molecule has 1 unspecified atom stereocenters. The number of hydrogen-bond donors (Lipinski definition) is 0. The van der Waals surface area contributed by atoms with Crippen molar-refractivity contribution in [2.24, 2.45) is 5.92 Å². The number of amides is 1. The Bertz CT molecular complexity index is 1070. The molecule has 0 bridgehead atoms. The third-order valence-corrected chi connectivity index (χ3v) is 5.50. The minimum Gasteiger partial charge on any atom is -0.466 e. The lowest BCUT2D eigenvalue weighted by Crippen LogP contribution is -2.43. The van der Waals surface area contributed by atoms with E-state index in [0.29, 0.717) is 48.9 Å². The number of piperidine rings is 1. The van der Waals surface area contributed by atoms with Gasteiger partial charge < -0.3 is 14.2 Å². The van der Waals surface area contributed by atoms with Gasteiger partial charge in [-0.1, -0.05) is 0 Å². The Labute approximate surface area is 180 Å². The van der Waals surface area contributed by atoms with E-state index >= 15 is 0 Å². The first-order chi connectivity index (χ1) is 15.0. The minimum absolute atomic E-state index is 0.177. The summed E-state index contributed by atoms with van der Waals surface area (Å²) in [4.78, 5) is 27.5. The molecule has 1 aliphatic rings. The number of carbonyl (C=O) groups is 2. The van der Waals surface area contributed by atoms with Crippen LogP contribution in [0.4, 0.5) is 4.39 Å². The number of esters is 1. The van der Waals surface area contributed by atoms with Crippen LogP contribution in [0.2, 0.25) is 0 Å². The van der Waals surface area contributed by atoms with Gasteiger partial charge in [-0.05, 0) is 63.1 Å². The van der Waals surface area contributed by atoms with Crippen LogP contribution >= 0.6 is 0 Å². The van der Waals surface area contributed by atoms with Gasteiger partial charge in [0.15, 0.2) is 5.82 Å². The molecule has 3 aromatic rings. The SMILES string of the molecule is CCOC(=O)C1CCCN(C(=O)c2c(C)nn(-c3ccc(F)cc3)c2-n2cccc2)C1. The molecule has 162 valence electrons. The van der Waals surface area contributed by atoms with E-state index < -0.39 is 0 Å². The summed E-state index contributed by atoms with van der Waals surface area (Å²) in [5.41, 5.74) is 1.68. The predicted molar refractivity (Wildman–Crippen MR) is 113 cm³/mol. The topological polar surface area (TPSA) is 69.4 Å². The Morgan fingerprint density at radius 2 is 1.90 bits per heavy atom. The average Bonchev–Trinajstić information content (AvgIpc) is 3.42. The molecule has 4 rings (SSSR count). The van der Waals surface area contributed by atoms with Crippen LogP contribution in [-0.2, 0) is 9.53 Å². The molecule has 7 nitrogen and oxygen atoms in total. The second-order valence-electron chi connectivity index (χ2n) is 7.60. The maximum atomic E-state index is 13.6. The zero-order chi connectivity index (χ0) is 22.0. The molecule has 2 aromatic heterocycles. The van der Waals surface area contributed by atoms with E-state index in [2.05, 4.69) is 5.10 Å². The molecule has 0 radical (unpaired) electrons. The fourth-order valence-electron chi connectivity index (χ4n) is 4.01. The predicted octanol–water partition coefficient (Wildman–Crippen LogP) is 3.53. The van der Waals surface area contributed by atoms with Crippen LogP contribution in [0.15, 0.2) is 48.8 Å². The first kappa shape index (κ1) is 20.8. The van der Waals surface area contributed by atoms with Crippen LogP contribution in [0.1, 0.15) is 35.8 Å². The van der Waals surface area contributed by atoms with Crippen molar-refractivity contribution in [1.82, 2.24) is 19.2 Å². The summed E-state index contributed by atoms with van der Waals surface area (Å²) in [5.74, 6) is -0.518. The highest BCUT2D eigenvalue weighted by Gasteiger charge is 2.33. The van der Waals surface area contributed by atoms with Crippen molar-refractivity contribution in [2.45, 2.75) is 26.7 Å². The highest BCUT2D eigenvalue weighted by Crippen LogP contribution is 2.27. The van der Waals surface area contributed by atoms with E-state index in [9.17, 15) is 14.0 Å². The van der Waals surface area contributed by atoms with Gasteiger partial charge in [0, 0.05) is 25.5 Å². The Morgan fingerprint density at radius 1 is 1.19 bits per heavy atom. The molecular formula is C23H25FN4O3. The monoisotopic (exact) mass is 424 g/mol. The third-order valence-electron chi connectivity index (χ3n) is 5.50. The first-order valence-corrected chi connectivity index (χ1v) is 10.4. The molecule has 31 heavy (non-hydrogen) atoms. The molecule has 1 atom stereocenters. The second kappa shape index (κ2) is 8.75. The van der Waals surface area contributed by atoms with E-state index in [4.69, 9.17) is 4.74 Å². The first-order valence-electron chi connectivity index (χ1n) is 10.4. The average molecular weight is 424 g/mol. The van der Waals surface area contributed by atoms with E-state index in [1.54, 1.807) is 35.6 Å². The Morgan fingerprint density at radius 3 is 2.58 bits per heavy atom. The molecule has 1 aliphatic heterocycles. The van der Waals surface area contributed by atoms with Gasteiger partial charge in [-0.25, -0.2) is 9.07 Å². The second-order valence-corrected chi connectivity index (χ2v) is 7.60. The largest absolute Gasteiger partial charge is 0.466 e. The van der Waals surface area contributed by atoms with Crippen LogP contribution < -0.4 is 0 Å². The minimum atomic E-state index is -0.343. The summed E-state index contributed by atoms with van der Waals surface area (Å²) in [6.45, 7) is 4.78. The maximum Gasteiger partial charge on any atom is 0.310 e. The molecule has 1 amide bonds. The number of halogens is 1. The molecular weight excluding hydrogens is 399 g/mol. The summed E-state index contributed by atoms with van der Waals surface area (Å²) in [6.07, 6.45) is 5.12. The highest BCUT2D eigenvalue weighted by atomic mass is 19.1. The van der Waals surface area contributed by atoms with Crippen molar-refractivity contribution in [2.75, 3.05) is 19.7 Å². The van der Waals surface area contributed by atoms with Gasteiger partial charge in [0.25, 0.3) is 5.91 Å². The number of hydrogen-bond acceptors (Lipinski definition) is 4. The van der Waals surface area contributed by atoms with Crippen molar-refractivity contribution in [3.63, 3.8) is 0 Å². The number of aromatic nitrogens is 3. The van der Waals surface area contributed by atoms with Gasteiger partial charge in [0.1, 0.15) is 11.4 Å². The molecule has 0 spiro atoms. The fourth-order valence-corrected chi connectivity index (χ4v) is 4.01. The lowest BCUT2D eigenvalue weighted by Gasteiger charge is -2.31. The van der Waals surface area contributed by atoms with E-state index in [1.807, 2.05) is 29.1 Å². The van der Waals surface area contributed by atoms with Gasteiger partial charge >= 0.3 is 5.97 Å². The highest BCUT2D eigenvalue weighted by molar-refractivity contribution is 5.99. The summed E-state index contributed by atoms with van der Waals surface area (Å²) in [6, 6.07) is 9.71. The summed E-state index contributed by atoms with van der Waals surface area (Å²) in [7, 11) is 0. The normalized spacial score (nSPS) is 16.4. The van der Waals surface area contributed by atoms with Crippen LogP contribution in [0.3, 0.4) is 0 Å². The van der Waals surface area contributed by atoms with E-state index in [1.165, 1.54) is 12.1 Å². The van der Waals surface area contributed by atoms with Gasteiger partial charge in [0.2, 0.25) is 0 Å². The number of carbonyl (C=O) groups excluding carboxylic acids is 2. The Hall–Kier alpha value is -3.42. The quantitative estimate of drug-likeness (QED) is 0.588. The molecule has 1 aromatic carbocycles. The van der Waals surface area contributed by atoms with Gasteiger partial charge in [-0.3, -0.25) is 9.59 Å². The number of rotatable bonds is 5. The van der Waals surface area contributed by atoms with Crippen molar-refractivity contribution in [3.05, 3.63) is 65.9 Å². The fraction of sp³-hybridized carbons (Fsp3) is 0.348. The Kier molecular flexibility index (Phi) is 5.88. The molecule has 1 saturated heterocycles. The number of aryl methyl sites for hydroxylation is 1. The Balaban J connectivity index is 1.73. The van der Waals surface area contributed by atoms with Crippen molar-refractivity contribution in [1.29, 1.82) is 0 Å². The zero-order valence-corrected chi connectivity index (χ0v) is 17.6. The number of benzene rings is 1. The van der Waals surface area contributed by atoms with Crippen LogP contribution in [0, 0.1) is 18.7 Å². The third kappa shape index (κ3) is 4.10. The van der Waals surface area contributed by atoms with Crippen LogP contribution in [0.25, 0.3) is 11.5 Å². The van der Waals surface area contributed by atoms with Crippen molar-refractivity contribution >= 4 is 11.9 Å². The summed E-state index contributed by atoms with van der Waals surface area (Å²) >= 11 is 0. The van der Waals surface area contributed by atoms with Gasteiger partial charge in [-0.2, -0.15) is 5.10 Å². The van der Waals surface area contributed by atoms with Crippen LogP contribution in [-0.4, -0.2) is 50.8 Å². The molecule has 0 N–H and O–H groups in total. The summed E-state index contributed by atoms with van der Waals surface area (Å²) < 4.78 is 22.1. The molecule has 8 heteroatoms. The number of nitrogens with zero attached hydrogens (tertiary/aromatic N) is 4. The van der Waals surface area contributed by atoms with E-state index in [-0.39, 0.29) is 23.6 Å². The summed E-state index contributed by atoms with van der Waals surface area (Å²) in [5, 5.41) is 4.60. The van der Waals surface area contributed by atoms with Gasteiger partial charge in [0.05, 0.1) is 23.9 Å². The molecule has 3 heterocycles. The lowest BCUT2D eigenvalue weighted by molar-refractivity contribution is -0.149. The smallest absolute Gasteiger partial charge is 0.310 e. The van der Waals surface area contributed by atoms with Crippen molar-refractivity contribution < 1.29 is 18.7 Å². The van der Waals surface area contributed by atoms with E-state index in [0.717, 1.165) is 6.42 Å². The molecule has 1 fully saturated rings. The van der Waals surface area contributed by atoms with Crippen molar-refractivity contribution in [3.8, 4) is 11.5 Å². The van der Waals surface area contributed by atoms with Crippen LogP contribution in [0.5, 0.6) is 0 Å². The lowest BCUT2D eigenvalue weighted by atomic mass is 9.97. The molecule has 0 aliphatic carbocycles. The van der Waals surface area contributed by atoms with Gasteiger partial charge in [-0.15, -0.1) is 0 Å². The standard InChI is InChI=1S/C23H25FN4O3/c1-3-31-23(30)17-7-6-14-27(15-17)22(29)20-16(2)25-28(19-10-8-18(24)9-11-19)21(20)26-12-4-5-13-26/h4-5,8-13,17H,3,6-7,14-15H2,1-2H3. The zero-order valence-electron chi connectivity index (χ0n) is 17.6. The number of likely N-dealkylation sites (tertiary alicyclic amines) is 1.